The van der Waals surface area contributed by atoms with Crippen molar-refractivity contribution in [3.63, 3.8) is 0 Å². The predicted molar refractivity (Wildman–Crippen MR) is 140 cm³/mol. The fourth-order valence-corrected chi connectivity index (χ4v) is 6.21. The number of fused-ring (bicyclic) bond motifs is 1. The van der Waals surface area contributed by atoms with Gasteiger partial charge in [0, 0.05) is 15.9 Å². The third-order valence-corrected chi connectivity index (χ3v) is 8.46. The molecule has 9 heteroatoms. The minimum Gasteiger partial charge on any atom is -0.494 e. The number of hydrogen-bond acceptors (Lipinski definition) is 5. The minimum absolute atomic E-state index is 0.0379. The summed E-state index contributed by atoms with van der Waals surface area (Å²) in [5.74, 6) is 0.158. The highest BCUT2D eigenvalue weighted by molar-refractivity contribution is 7.90. The molecule has 0 bridgehead atoms. The van der Waals surface area contributed by atoms with Crippen LogP contribution >= 0.6 is 11.6 Å². The Labute approximate surface area is 211 Å². The van der Waals surface area contributed by atoms with Gasteiger partial charge in [-0.2, -0.15) is 0 Å². The molecule has 0 spiro atoms. The number of H-pyrrole nitrogens is 1. The number of hydrogen-bond donors (Lipinski definition) is 3. The Morgan fingerprint density at radius 2 is 1.83 bits per heavy atom. The molecule has 1 fully saturated rings. The Balaban J connectivity index is 1.45. The highest BCUT2D eigenvalue weighted by Crippen LogP contribution is 2.27. The molecule has 0 saturated carbocycles. The largest absolute Gasteiger partial charge is 0.494 e. The van der Waals surface area contributed by atoms with Crippen molar-refractivity contribution in [2.45, 2.75) is 39.5 Å². The Morgan fingerprint density at radius 1 is 1.14 bits per heavy atom. The number of aromatic nitrogens is 1. The molecular weight excluding hydrogens is 486 g/mol. The standard InChI is InChI=1S/C26H32ClN3O4S/c1-17-14-20(15-18(2)24(17)27)34-13-5-7-22-21-6-3-4-8-23(21)29-25(22)26(31)30-35(32,33)16-19-9-11-28-12-10-19/h3-4,6,8,14-15,19,28-29H,5,7,9-13,16H2,1-2H3,(H,30,31). The smallest absolute Gasteiger partial charge is 0.281 e. The van der Waals surface area contributed by atoms with Crippen molar-refractivity contribution >= 4 is 38.4 Å². The van der Waals surface area contributed by atoms with Crippen molar-refractivity contribution in [3.05, 3.63) is 63.8 Å². The van der Waals surface area contributed by atoms with E-state index < -0.39 is 15.9 Å². The van der Waals surface area contributed by atoms with Crippen LogP contribution in [0.1, 0.15) is 46.4 Å². The predicted octanol–water partition coefficient (Wildman–Crippen LogP) is 4.51. The third-order valence-electron chi connectivity index (χ3n) is 6.45. The van der Waals surface area contributed by atoms with Gasteiger partial charge in [-0.05, 0) is 93.4 Å². The molecule has 1 aliphatic heterocycles. The van der Waals surface area contributed by atoms with E-state index in [2.05, 4.69) is 15.0 Å². The highest BCUT2D eigenvalue weighted by atomic mass is 35.5. The maximum atomic E-state index is 13.1. The van der Waals surface area contributed by atoms with Gasteiger partial charge in [-0.3, -0.25) is 4.79 Å². The van der Waals surface area contributed by atoms with Gasteiger partial charge in [0.15, 0.2) is 0 Å². The molecule has 1 amide bonds. The Bertz CT molecular complexity index is 1290. The molecule has 4 rings (SSSR count). The third kappa shape index (κ3) is 6.37. The zero-order valence-electron chi connectivity index (χ0n) is 20.1. The van der Waals surface area contributed by atoms with E-state index in [1.807, 2.05) is 50.2 Å². The molecule has 7 nitrogen and oxygen atoms in total. The van der Waals surface area contributed by atoms with E-state index in [1.165, 1.54) is 0 Å². The fraction of sp³-hybridized carbons (Fsp3) is 0.423. The van der Waals surface area contributed by atoms with E-state index in [-0.39, 0.29) is 11.7 Å². The molecule has 1 aliphatic rings. The van der Waals surface area contributed by atoms with Crippen LogP contribution in [0.2, 0.25) is 5.02 Å². The number of para-hydroxylation sites is 1. The monoisotopic (exact) mass is 517 g/mol. The molecule has 35 heavy (non-hydrogen) atoms. The number of halogens is 1. The molecule has 188 valence electrons. The van der Waals surface area contributed by atoms with Gasteiger partial charge < -0.3 is 15.0 Å². The van der Waals surface area contributed by atoms with Crippen LogP contribution in [0.3, 0.4) is 0 Å². The summed E-state index contributed by atoms with van der Waals surface area (Å²) < 4.78 is 33.6. The summed E-state index contributed by atoms with van der Waals surface area (Å²) in [7, 11) is -3.74. The zero-order chi connectivity index (χ0) is 25.0. The topological polar surface area (TPSA) is 100 Å². The summed E-state index contributed by atoms with van der Waals surface area (Å²) in [4.78, 5) is 16.2. The van der Waals surface area contributed by atoms with Crippen LogP contribution in [0.15, 0.2) is 36.4 Å². The molecular formula is C26H32ClN3O4S. The van der Waals surface area contributed by atoms with Crippen molar-refractivity contribution in [2.75, 3.05) is 25.4 Å². The first kappa shape index (κ1) is 25.5. The van der Waals surface area contributed by atoms with Crippen LogP contribution in [0.25, 0.3) is 10.9 Å². The van der Waals surface area contributed by atoms with Crippen molar-refractivity contribution < 1.29 is 17.9 Å². The summed E-state index contributed by atoms with van der Waals surface area (Å²) in [5, 5.41) is 4.88. The van der Waals surface area contributed by atoms with Gasteiger partial charge >= 0.3 is 0 Å². The minimum atomic E-state index is -3.74. The van der Waals surface area contributed by atoms with Crippen LogP contribution in [0, 0.1) is 19.8 Å². The van der Waals surface area contributed by atoms with Gasteiger partial charge in [-0.15, -0.1) is 0 Å². The molecule has 0 radical (unpaired) electrons. The van der Waals surface area contributed by atoms with Crippen LogP contribution in [-0.2, 0) is 16.4 Å². The number of sulfonamides is 1. The lowest BCUT2D eigenvalue weighted by atomic mass is 10.0. The number of nitrogens with one attached hydrogen (secondary N) is 3. The molecule has 1 saturated heterocycles. The maximum absolute atomic E-state index is 13.1. The van der Waals surface area contributed by atoms with Gasteiger partial charge in [-0.25, -0.2) is 13.1 Å². The normalized spacial score (nSPS) is 14.8. The van der Waals surface area contributed by atoms with Crippen molar-refractivity contribution in [1.29, 1.82) is 0 Å². The van der Waals surface area contributed by atoms with Gasteiger partial charge in [0.2, 0.25) is 10.0 Å². The molecule has 2 heterocycles. The van der Waals surface area contributed by atoms with E-state index in [0.29, 0.717) is 25.1 Å². The summed E-state index contributed by atoms with van der Waals surface area (Å²) in [6.07, 6.45) is 2.80. The molecule has 0 atom stereocenters. The second-order valence-electron chi connectivity index (χ2n) is 9.25. The Kier molecular flexibility index (Phi) is 8.04. The first-order valence-corrected chi connectivity index (χ1v) is 14.0. The summed E-state index contributed by atoms with van der Waals surface area (Å²) >= 11 is 6.24. The average Bonchev–Trinajstić information content (AvgIpc) is 3.19. The Hall–Kier alpha value is -2.55. The summed E-state index contributed by atoms with van der Waals surface area (Å²) in [6.45, 7) is 5.95. The first-order chi connectivity index (χ1) is 16.7. The number of ether oxygens (including phenoxy) is 1. The number of carbonyl (C=O) groups is 1. The van der Waals surface area contributed by atoms with Gasteiger partial charge in [0.05, 0.1) is 12.4 Å². The van der Waals surface area contributed by atoms with E-state index in [0.717, 1.165) is 64.3 Å². The number of benzene rings is 2. The van der Waals surface area contributed by atoms with Crippen molar-refractivity contribution in [1.82, 2.24) is 15.0 Å². The molecule has 0 unspecified atom stereocenters. The van der Waals surface area contributed by atoms with E-state index >= 15 is 0 Å². The fourth-order valence-electron chi connectivity index (χ4n) is 4.67. The maximum Gasteiger partial charge on any atom is 0.281 e. The number of carbonyl (C=O) groups excluding carboxylic acids is 1. The number of aromatic amines is 1. The second kappa shape index (κ2) is 11.0. The molecule has 2 aromatic carbocycles. The van der Waals surface area contributed by atoms with Crippen molar-refractivity contribution in [3.8, 4) is 5.75 Å². The summed E-state index contributed by atoms with van der Waals surface area (Å²) in [5.41, 5.74) is 3.81. The van der Waals surface area contributed by atoms with Gasteiger partial charge in [0.1, 0.15) is 11.4 Å². The van der Waals surface area contributed by atoms with E-state index in [9.17, 15) is 13.2 Å². The van der Waals surface area contributed by atoms with Gasteiger partial charge in [0.25, 0.3) is 5.91 Å². The lowest BCUT2D eigenvalue weighted by Crippen LogP contribution is -2.38. The molecule has 0 aliphatic carbocycles. The zero-order valence-corrected chi connectivity index (χ0v) is 21.7. The number of aryl methyl sites for hydroxylation is 3. The number of amides is 1. The second-order valence-corrected chi connectivity index (χ2v) is 11.4. The van der Waals surface area contributed by atoms with Crippen molar-refractivity contribution in [2.24, 2.45) is 5.92 Å². The number of piperidine rings is 1. The first-order valence-electron chi connectivity index (χ1n) is 12.0. The van der Waals surface area contributed by atoms with Crippen LogP contribution in [-0.4, -0.2) is 44.8 Å². The molecule has 1 aromatic heterocycles. The lowest BCUT2D eigenvalue weighted by molar-refractivity contribution is 0.0976. The summed E-state index contributed by atoms with van der Waals surface area (Å²) in [6, 6.07) is 11.4. The average molecular weight is 518 g/mol. The van der Waals surface area contributed by atoms with E-state index in [1.54, 1.807) is 0 Å². The van der Waals surface area contributed by atoms with Gasteiger partial charge in [-0.1, -0.05) is 29.8 Å². The molecule has 3 N–H and O–H groups in total. The lowest BCUT2D eigenvalue weighted by Gasteiger charge is -2.22. The molecule has 3 aromatic rings. The Morgan fingerprint density at radius 3 is 2.54 bits per heavy atom. The quantitative estimate of drug-likeness (QED) is 0.363. The SMILES string of the molecule is Cc1cc(OCCCc2c(C(=O)NS(=O)(=O)CC3CCNCC3)[nH]c3ccccc23)cc(C)c1Cl. The number of rotatable bonds is 9. The highest BCUT2D eigenvalue weighted by Gasteiger charge is 2.25. The van der Waals surface area contributed by atoms with Crippen LogP contribution in [0.5, 0.6) is 5.75 Å². The van der Waals surface area contributed by atoms with Crippen LogP contribution < -0.4 is 14.8 Å². The van der Waals surface area contributed by atoms with Crippen LogP contribution in [0.4, 0.5) is 0 Å². The van der Waals surface area contributed by atoms with E-state index in [4.69, 9.17) is 16.3 Å².